The van der Waals surface area contributed by atoms with Gasteiger partial charge in [-0.25, -0.2) is 0 Å². The largest absolute Gasteiger partial charge is 0.494 e. The summed E-state index contributed by atoms with van der Waals surface area (Å²) < 4.78 is 19.7. The minimum atomic E-state index is -0.441. The maximum Gasteiger partial charge on any atom is 0.494 e. The van der Waals surface area contributed by atoms with Gasteiger partial charge in [-0.3, -0.25) is 9.48 Å². The average molecular weight is 507 g/mol. The van der Waals surface area contributed by atoms with E-state index < -0.39 is 12.5 Å². The van der Waals surface area contributed by atoms with Gasteiger partial charge < -0.3 is 18.7 Å². The SMILES string of the molecule is CCCC[C@](C)(c1ccc(B2OC(C)(C)C(C)(C)O2)cc1)c1noc(-c2cnn(CC(=O)N(C)C)c2)n1. The van der Waals surface area contributed by atoms with Crippen LogP contribution in [0.4, 0.5) is 0 Å². The molecule has 1 atom stereocenters. The molecule has 0 spiro atoms. The molecule has 1 aliphatic heterocycles. The number of hydrogen-bond donors (Lipinski definition) is 0. The standard InChI is InChI=1S/C27H38BN5O4/c1-9-10-15-27(6,20-11-13-21(14-12-20)28-36-25(2,3)26(4,5)37-28)24-30-23(35-31-24)19-16-29-33(17-19)18-22(34)32(7)8/h11-14,16-17H,9-10,15,18H2,1-8H3/t27-/m1/s1. The number of unbranched alkanes of at least 4 members (excludes halogenated alkanes) is 1. The minimum Gasteiger partial charge on any atom is -0.399 e. The van der Waals surface area contributed by atoms with Crippen LogP contribution in [-0.2, 0) is 26.1 Å². The quantitative estimate of drug-likeness (QED) is 0.407. The van der Waals surface area contributed by atoms with E-state index in [1.807, 2.05) is 0 Å². The molecule has 1 aliphatic rings. The fraction of sp³-hybridized carbons (Fsp3) is 0.556. The normalized spacial score (nSPS) is 18.1. The lowest BCUT2D eigenvalue weighted by atomic mass is 9.74. The van der Waals surface area contributed by atoms with Gasteiger partial charge in [-0.2, -0.15) is 10.1 Å². The summed E-state index contributed by atoms with van der Waals surface area (Å²) in [5.41, 5.74) is 1.54. The van der Waals surface area contributed by atoms with Crippen molar-refractivity contribution in [2.24, 2.45) is 0 Å². The van der Waals surface area contributed by atoms with Crippen LogP contribution in [0.2, 0.25) is 0 Å². The summed E-state index contributed by atoms with van der Waals surface area (Å²) in [6.45, 7) is 12.7. The number of nitrogens with zero attached hydrogens (tertiary/aromatic N) is 5. The average Bonchev–Trinajstić information content (AvgIpc) is 3.56. The van der Waals surface area contributed by atoms with Gasteiger partial charge in [-0.15, -0.1) is 0 Å². The summed E-state index contributed by atoms with van der Waals surface area (Å²) in [6, 6.07) is 8.34. The predicted molar refractivity (Wildman–Crippen MR) is 142 cm³/mol. The summed E-state index contributed by atoms with van der Waals surface area (Å²) >= 11 is 0. The Labute approximate surface area is 219 Å². The first kappa shape index (κ1) is 27.1. The fourth-order valence-corrected chi connectivity index (χ4v) is 4.31. The zero-order chi connectivity index (χ0) is 27.0. The van der Waals surface area contributed by atoms with Crippen LogP contribution in [0.15, 0.2) is 41.2 Å². The van der Waals surface area contributed by atoms with Crippen LogP contribution in [-0.4, -0.2) is 63.1 Å². The highest BCUT2D eigenvalue weighted by molar-refractivity contribution is 6.62. The van der Waals surface area contributed by atoms with E-state index in [1.165, 1.54) is 4.90 Å². The highest BCUT2D eigenvalue weighted by Gasteiger charge is 2.51. The van der Waals surface area contributed by atoms with Crippen molar-refractivity contribution in [1.29, 1.82) is 0 Å². The van der Waals surface area contributed by atoms with Gasteiger partial charge in [-0.1, -0.05) is 49.2 Å². The summed E-state index contributed by atoms with van der Waals surface area (Å²) in [5.74, 6) is 0.962. The molecular weight excluding hydrogens is 469 g/mol. The number of amides is 1. The third-order valence-electron chi connectivity index (χ3n) is 7.70. The number of benzene rings is 1. The molecule has 4 rings (SSSR count). The second-order valence-corrected chi connectivity index (χ2v) is 11.3. The van der Waals surface area contributed by atoms with Crippen LogP contribution in [0.3, 0.4) is 0 Å². The molecule has 0 N–H and O–H groups in total. The zero-order valence-electron chi connectivity index (χ0n) is 23.2. The molecule has 1 fully saturated rings. The Bertz CT molecular complexity index is 1220. The van der Waals surface area contributed by atoms with E-state index in [0.717, 1.165) is 30.3 Å². The smallest absolute Gasteiger partial charge is 0.399 e. The lowest BCUT2D eigenvalue weighted by molar-refractivity contribution is -0.129. The van der Waals surface area contributed by atoms with Gasteiger partial charge in [0, 0.05) is 20.3 Å². The number of carbonyl (C=O) groups is 1. The molecule has 3 heterocycles. The Morgan fingerprint density at radius 2 is 1.76 bits per heavy atom. The van der Waals surface area contributed by atoms with E-state index in [4.69, 9.17) is 18.8 Å². The van der Waals surface area contributed by atoms with Crippen LogP contribution in [0.25, 0.3) is 11.5 Å². The lowest BCUT2D eigenvalue weighted by Crippen LogP contribution is -2.41. The molecule has 0 bridgehead atoms. The predicted octanol–water partition coefficient (Wildman–Crippen LogP) is 3.82. The Hall–Kier alpha value is -2.98. The van der Waals surface area contributed by atoms with E-state index in [-0.39, 0.29) is 23.7 Å². The zero-order valence-corrected chi connectivity index (χ0v) is 23.2. The molecule has 0 aliphatic carbocycles. The minimum absolute atomic E-state index is 0.0445. The van der Waals surface area contributed by atoms with Crippen molar-refractivity contribution in [3.63, 3.8) is 0 Å². The molecule has 10 heteroatoms. The van der Waals surface area contributed by atoms with Crippen LogP contribution in [0.5, 0.6) is 0 Å². The van der Waals surface area contributed by atoms with Crippen molar-refractivity contribution in [3.05, 3.63) is 48.0 Å². The van der Waals surface area contributed by atoms with E-state index in [2.05, 4.69) is 76.1 Å². The molecular formula is C27H38BN5O4. The number of likely N-dealkylation sites (N-methyl/N-ethyl adjacent to an activating group) is 1. The van der Waals surface area contributed by atoms with Crippen molar-refractivity contribution in [3.8, 4) is 11.5 Å². The summed E-state index contributed by atoms with van der Waals surface area (Å²) in [5, 5.41) is 8.66. The maximum atomic E-state index is 12.0. The third-order valence-corrected chi connectivity index (χ3v) is 7.70. The number of rotatable bonds is 9. The van der Waals surface area contributed by atoms with Crippen molar-refractivity contribution >= 4 is 18.5 Å². The second-order valence-electron chi connectivity index (χ2n) is 11.3. The molecule has 3 aromatic rings. The van der Waals surface area contributed by atoms with Crippen LogP contribution in [0, 0.1) is 0 Å². The molecule has 1 saturated heterocycles. The summed E-state index contributed by atoms with van der Waals surface area (Å²) in [6.07, 6.45) is 6.34. The molecule has 198 valence electrons. The fourth-order valence-electron chi connectivity index (χ4n) is 4.31. The van der Waals surface area contributed by atoms with Crippen molar-refractivity contribution in [1.82, 2.24) is 24.8 Å². The second kappa shape index (κ2) is 10.1. The van der Waals surface area contributed by atoms with Crippen LogP contribution >= 0.6 is 0 Å². The molecule has 1 amide bonds. The lowest BCUT2D eigenvalue weighted by Gasteiger charge is -2.32. The molecule has 0 unspecified atom stereocenters. The molecule has 37 heavy (non-hydrogen) atoms. The first-order valence-electron chi connectivity index (χ1n) is 12.9. The van der Waals surface area contributed by atoms with Gasteiger partial charge in [-0.05, 0) is 52.1 Å². The van der Waals surface area contributed by atoms with E-state index in [9.17, 15) is 4.79 Å². The van der Waals surface area contributed by atoms with Gasteiger partial charge >= 0.3 is 7.12 Å². The summed E-state index contributed by atoms with van der Waals surface area (Å²) in [7, 11) is 3.03. The monoisotopic (exact) mass is 507 g/mol. The summed E-state index contributed by atoms with van der Waals surface area (Å²) in [4.78, 5) is 18.3. The van der Waals surface area contributed by atoms with Gasteiger partial charge in [0.1, 0.15) is 6.54 Å². The Morgan fingerprint density at radius 1 is 1.11 bits per heavy atom. The van der Waals surface area contributed by atoms with Gasteiger partial charge in [0.05, 0.1) is 28.4 Å². The molecule has 9 nitrogen and oxygen atoms in total. The number of aromatic nitrogens is 4. The molecule has 0 radical (unpaired) electrons. The Kier molecular flexibility index (Phi) is 7.36. The van der Waals surface area contributed by atoms with Crippen molar-refractivity contribution < 1.29 is 18.6 Å². The van der Waals surface area contributed by atoms with Crippen LogP contribution in [0.1, 0.15) is 72.2 Å². The van der Waals surface area contributed by atoms with Gasteiger partial charge in [0.15, 0.2) is 5.82 Å². The molecule has 1 aromatic carbocycles. The number of carbonyl (C=O) groups excluding carboxylic acids is 1. The third kappa shape index (κ3) is 5.36. The first-order chi connectivity index (χ1) is 17.4. The number of hydrogen-bond acceptors (Lipinski definition) is 7. The molecule has 2 aromatic heterocycles. The first-order valence-corrected chi connectivity index (χ1v) is 12.9. The molecule has 0 saturated carbocycles. The van der Waals surface area contributed by atoms with Crippen molar-refractivity contribution in [2.75, 3.05) is 14.1 Å². The highest BCUT2D eigenvalue weighted by Crippen LogP contribution is 2.38. The Balaban J connectivity index is 1.58. The highest BCUT2D eigenvalue weighted by atomic mass is 16.7. The van der Waals surface area contributed by atoms with E-state index in [1.54, 1.807) is 31.2 Å². The maximum absolute atomic E-state index is 12.0. The van der Waals surface area contributed by atoms with Gasteiger partial charge in [0.2, 0.25) is 5.91 Å². The van der Waals surface area contributed by atoms with Crippen LogP contribution < -0.4 is 5.46 Å². The van der Waals surface area contributed by atoms with Crippen molar-refractivity contribution in [2.45, 2.75) is 84.0 Å². The van der Waals surface area contributed by atoms with E-state index in [0.29, 0.717) is 17.3 Å². The van der Waals surface area contributed by atoms with E-state index >= 15 is 0 Å². The van der Waals surface area contributed by atoms with Gasteiger partial charge in [0.25, 0.3) is 5.89 Å². The Morgan fingerprint density at radius 3 is 2.35 bits per heavy atom. The topological polar surface area (TPSA) is 95.5 Å².